The quantitative estimate of drug-likeness (QED) is 0.159. The number of nitrogens with two attached hydrogens (primary N) is 1. The standard InChI is InChI=1S/C27H21F3N6O3/c1-39-14-22-33-21-13-16(36(31)26(38)17-8-2-3-9-19(17)27(28,29)30)12-18(24(21)35-22)25(37)34-20-10-4-6-15-7-5-11-32-23(15)20/h2-13H,14,31H2,1H3,(H,33,35)(H,34,37). The van der Waals surface area contributed by atoms with Gasteiger partial charge >= 0.3 is 6.18 Å². The van der Waals surface area contributed by atoms with E-state index in [2.05, 4.69) is 20.3 Å². The number of anilines is 2. The number of ether oxygens (including phenoxy) is 1. The van der Waals surface area contributed by atoms with Crippen molar-refractivity contribution in [2.75, 3.05) is 17.4 Å². The van der Waals surface area contributed by atoms with Gasteiger partial charge in [0.25, 0.3) is 11.8 Å². The number of hydrogen-bond donors (Lipinski definition) is 3. The molecule has 2 aromatic heterocycles. The summed E-state index contributed by atoms with van der Waals surface area (Å²) in [6, 6.07) is 15.9. The fourth-order valence-corrected chi connectivity index (χ4v) is 4.23. The summed E-state index contributed by atoms with van der Waals surface area (Å²) in [5, 5.41) is 4.18. The van der Waals surface area contributed by atoms with Crippen LogP contribution in [-0.2, 0) is 17.5 Å². The van der Waals surface area contributed by atoms with Crippen LogP contribution >= 0.6 is 0 Å². The number of imidazole rings is 1. The van der Waals surface area contributed by atoms with Gasteiger partial charge in [-0.3, -0.25) is 14.6 Å². The Labute approximate surface area is 219 Å². The molecule has 0 fully saturated rings. The van der Waals surface area contributed by atoms with Crippen molar-refractivity contribution in [3.05, 3.63) is 95.4 Å². The SMILES string of the molecule is COCc1nc2c(C(=O)Nc3cccc4cccnc34)cc(N(N)C(=O)c3ccccc3C(F)(F)F)cc2[nH]1. The molecular weight excluding hydrogens is 513 g/mol. The number of nitrogens with one attached hydrogen (secondary N) is 2. The first-order valence-corrected chi connectivity index (χ1v) is 11.6. The minimum atomic E-state index is -4.77. The Bertz CT molecular complexity index is 1710. The van der Waals surface area contributed by atoms with Crippen molar-refractivity contribution in [3.63, 3.8) is 0 Å². The molecule has 39 heavy (non-hydrogen) atoms. The van der Waals surface area contributed by atoms with Crippen molar-refractivity contribution in [2.45, 2.75) is 12.8 Å². The van der Waals surface area contributed by atoms with Crippen molar-refractivity contribution in [2.24, 2.45) is 5.84 Å². The molecule has 0 atom stereocenters. The maximum absolute atomic E-state index is 13.6. The second kappa shape index (κ2) is 10.2. The minimum absolute atomic E-state index is 0.0291. The zero-order valence-electron chi connectivity index (χ0n) is 20.4. The number of nitrogens with zero attached hydrogens (tertiary/aromatic N) is 3. The molecule has 0 unspecified atom stereocenters. The number of para-hydroxylation sites is 1. The molecule has 3 aromatic carbocycles. The molecule has 0 aliphatic heterocycles. The number of amides is 2. The number of hydrogen-bond acceptors (Lipinski definition) is 6. The van der Waals surface area contributed by atoms with Crippen LogP contribution in [0.1, 0.15) is 32.1 Å². The Morgan fingerprint density at radius 2 is 1.79 bits per heavy atom. The third-order valence-corrected chi connectivity index (χ3v) is 5.99. The molecule has 5 aromatic rings. The van der Waals surface area contributed by atoms with Gasteiger partial charge in [-0.2, -0.15) is 13.2 Å². The summed E-state index contributed by atoms with van der Waals surface area (Å²) in [7, 11) is 1.47. The van der Waals surface area contributed by atoms with E-state index in [0.717, 1.165) is 17.5 Å². The van der Waals surface area contributed by atoms with E-state index in [-0.39, 0.29) is 23.4 Å². The molecule has 198 valence electrons. The van der Waals surface area contributed by atoms with E-state index in [1.807, 2.05) is 12.1 Å². The number of fused-ring (bicyclic) bond motifs is 2. The molecule has 2 heterocycles. The van der Waals surface area contributed by atoms with Crippen molar-refractivity contribution < 1.29 is 27.5 Å². The first-order valence-electron chi connectivity index (χ1n) is 11.6. The molecule has 0 saturated heterocycles. The Balaban J connectivity index is 1.58. The van der Waals surface area contributed by atoms with E-state index in [0.29, 0.717) is 27.6 Å². The van der Waals surface area contributed by atoms with Crippen LogP contribution < -0.4 is 16.2 Å². The minimum Gasteiger partial charge on any atom is -0.377 e. The number of carbonyl (C=O) groups excluding carboxylic acids is 2. The van der Waals surface area contributed by atoms with Crippen LogP contribution in [0, 0.1) is 0 Å². The average molecular weight is 534 g/mol. The fraction of sp³-hybridized carbons (Fsp3) is 0.111. The van der Waals surface area contributed by atoms with E-state index in [9.17, 15) is 22.8 Å². The lowest BCUT2D eigenvalue weighted by Crippen LogP contribution is -2.38. The molecule has 0 spiro atoms. The highest BCUT2D eigenvalue weighted by Gasteiger charge is 2.36. The number of aromatic nitrogens is 3. The van der Waals surface area contributed by atoms with Crippen LogP contribution in [0.15, 0.2) is 72.9 Å². The predicted molar refractivity (Wildman–Crippen MR) is 139 cm³/mol. The van der Waals surface area contributed by atoms with Crippen LogP contribution in [0.3, 0.4) is 0 Å². The second-order valence-electron chi connectivity index (χ2n) is 8.56. The van der Waals surface area contributed by atoms with Gasteiger partial charge in [0.15, 0.2) is 0 Å². The van der Waals surface area contributed by atoms with E-state index in [1.165, 1.54) is 31.4 Å². The number of halogens is 3. The first-order chi connectivity index (χ1) is 18.7. The summed E-state index contributed by atoms with van der Waals surface area (Å²) < 4.78 is 45.8. The van der Waals surface area contributed by atoms with Crippen molar-refractivity contribution in [1.82, 2.24) is 15.0 Å². The first kappa shape index (κ1) is 25.8. The van der Waals surface area contributed by atoms with Gasteiger partial charge in [0, 0.05) is 18.7 Å². The average Bonchev–Trinajstić information content (AvgIpc) is 3.34. The zero-order valence-corrected chi connectivity index (χ0v) is 20.4. The topological polar surface area (TPSA) is 126 Å². The third kappa shape index (κ3) is 5.02. The van der Waals surface area contributed by atoms with Crippen LogP contribution in [0.4, 0.5) is 24.5 Å². The van der Waals surface area contributed by atoms with Crippen molar-refractivity contribution in [1.29, 1.82) is 0 Å². The monoisotopic (exact) mass is 534 g/mol. The predicted octanol–water partition coefficient (Wildman–Crippen LogP) is 5.05. The van der Waals surface area contributed by atoms with E-state index >= 15 is 0 Å². The van der Waals surface area contributed by atoms with Gasteiger partial charge in [-0.1, -0.05) is 30.3 Å². The van der Waals surface area contributed by atoms with Gasteiger partial charge in [0.05, 0.1) is 39.1 Å². The number of rotatable bonds is 6. The summed E-state index contributed by atoms with van der Waals surface area (Å²) in [4.78, 5) is 38.4. The lowest BCUT2D eigenvalue weighted by atomic mass is 10.1. The Morgan fingerprint density at radius 3 is 2.56 bits per heavy atom. The number of aromatic amines is 1. The summed E-state index contributed by atoms with van der Waals surface area (Å²) in [5.41, 5.74) is -0.186. The maximum atomic E-state index is 13.6. The molecule has 0 aliphatic carbocycles. The lowest BCUT2D eigenvalue weighted by molar-refractivity contribution is -0.137. The molecule has 0 aliphatic rings. The molecular formula is C27H21F3N6O3. The molecule has 9 nitrogen and oxygen atoms in total. The summed E-state index contributed by atoms with van der Waals surface area (Å²) in [5.74, 6) is 4.74. The Hall–Kier alpha value is -4.81. The van der Waals surface area contributed by atoms with Crippen LogP contribution in [0.5, 0.6) is 0 Å². The summed E-state index contributed by atoms with van der Waals surface area (Å²) in [6.07, 6.45) is -3.18. The zero-order chi connectivity index (χ0) is 27.7. The highest BCUT2D eigenvalue weighted by atomic mass is 19.4. The lowest BCUT2D eigenvalue weighted by Gasteiger charge is -2.20. The van der Waals surface area contributed by atoms with Crippen molar-refractivity contribution in [3.8, 4) is 0 Å². The summed E-state index contributed by atoms with van der Waals surface area (Å²) >= 11 is 0. The van der Waals surface area contributed by atoms with E-state index in [1.54, 1.807) is 24.4 Å². The molecule has 4 N–H and O–H groups in total. The van der Waals surface area contributed by atoms with Gasteiger partial charge in [-0.25, -0.2) is 15.8 Å². The molecule has 5 rings (SSSR count). The number of methoxy groups -OCH3 is 1. The van der Waals surface area contributed by atoms with Gasteiger partial charge in [0.1, 0.15) is 17.9 Å². The van der Waals surface area contributed by atoms with Gasteiger partial charge in [-0.05, 0) is 36.4 Å². The van der Waals surface area contributed by atoms with E-state index in [4.69, 9.17) is 10.6 Å². The maximum Gasteiger partial charge on any atom is 0.417 e. The number of hydrazine groups is 1. The molecule has 12 heteroatoms. The van der Waals surface area contributed by atoms with Crippen LogP contribution in [0.25, 0.3) is 21.9 Å². The molecule has 0 bridgehead atoms. The smallest absolute Gasteiger partial charge is 0.377 e. The number of carbonyl (C=O) groups is 2. The van der Waals surface area contributed by atoms with Crippen molar-refractivity contribution >= 4 is 45.1 Å². The molecule has 0 saturated carbocycles. The number of H-pyrrole nitrogens is 1. The highest BCUT2D eigenvalue weighted by molar-refractivity contribution is 6.15. The number of alkyl halides is 3. The molecule has 2 amide bonds. The van der Waals surface area contributed by atoms with Crippen LogP contribution in [-0.4, -0.2) is 33.9 Å². The second-order valence-corrected chi connectivity index (χ2v) is 8.56. The number of pyridine rings is 1. The van der Waals surface area contributed by atoms with E-state index < -0.39 is 29.1 Å². The normalized spacial score (nSPS) is 11.6. The van der Waals surface area contributed by atoms with Gasteiger partial charge in [0.2, 0.25) is 0 Å². The third-order valence-electron chi connectivity index (χ3n) is 5.99. The van der Waals surface area contributed by atoms with Gasteiger partial charge < -0.3 is 15.0 Å². The Morgan fingerprint density at radius 1 is 1.03 bits per heavy atom. The summed E-state index contributed by atoms with van der Waals surface area (Å²) in [6.45, 7) is 0.0997. The largest absolute Gasteiger partial charge is 0.417 e. The Kier molecular flexibility index (Phi) is 6.73. The highest BCUT2D eigenvalue weighted by Crippen LogP contribution is 2.33. The molecule has 0 radical (unpaired) electrons. The number of benzene rings is 3. The van der Waals surface area contributed by atoms with Gasteiger partial charge in [-0.15, -0.1) is 0 Å². The fourth-order valence-electron chi connectivity index (χ4n) is 4.23. The van der Waals surface area contributed by atoms with Crippen LogP contribution in [0.2, 0.25) is 0 Å².